The average Bonchev–Trinajstić information content (AvgIpc) is 3.60. The molecule has 25 nitrogen and oxygen atoms in total. The molecule has 5 amide bonds. The number of hydrogen-bond donors (Lipinski definition) is 12. The SMILES string of the molecule is CC(=O)N[C@H]1[C@H](O[C@H]2[C@H](O[C@H](C)C(=O)N[C@@H](C)C(=O)N[C@H](CCC(=O)N[C@@H](CCC[C@@H](N)C(=O)O)C(=O)O)C(=O)O)[C@@H](NC(C)=O)[C@@H]3OC[C@H]2O3)O[C@H](CO)[C@@H](O)[C@@H]1O. The largest absolute Gasteiger partial charge is 0.480 e. The second-order valence-electron chi connectivity index (χ2n) is 14.4. The number of aliphatic hydroxyl groups is 3. The highest BCUT2D eigenvalue weighted by atomic mass is 16.8. The number of aliphatic carboxylic acids is 3. The van der Waals surface area contributed by atoms with E-state index in [9.17, 15) is 63.9 Å². The summed E-state index contributed by atoms with van der Waals surface area (Å²) in [6, 6.07) is -8.19. The van der Waals surface area contributed by atoms with E-state index in [0.717, 1.165) is 6.92 Å². The van der Waals surface area contributed by atoms with Crippen molar-refractivity contribution < 1.29 is 92.7 Å². The highest BCUT2D eigenvalue weighted by Crippen LogP contribution is 2.35. The number of nitrogens with two attached hydrogens (primary N) is 1. The third-order valence-electron chi connectivity index (χ3n) is 9.70. The summed E-state index contributed by atoms with van der Waals surface area (Å²) in [6.45, 7) is 4.01. The molecule has 3 aliphatic rings. The number of rotatable bonds is 22. The van der Waals surface area contributed by atoms with Crippen molar-refractivity contribution in [2.24, 2.45) is 5.73 Å². The molecule has 59 heavy (non-hydrogen) atoms. The van der Waals surface area contributed by atoms with Crippen molar-refractivity contribution in [2.45, 2.75) is 151 Å². The molecule has 334 valence electrons. The summed E-state index contributed by atoms with van der Waals surface area (Å²) in [6.07, 6.45) is -13.3. The molecule has 0 spiro atoms. The van der Waals surface area contributed by atoms with E-state index in [1.54, 1.807) is 0 Å². The number of carboxylic acid groups (broad SMARTS) is 3. The second-order valence-corrected chi connectivity index (χ2v) is 14.4. The molecule has 0 unspecified atom stereocenters. The monoisotopic (exact) mass is 850 g/mol. The maximum Gasteiger partial charge on any atom is 0.326 e. The first kappa shape index (κ1) is 48.8. The second kappa shape index (κ2) is 22.1. The Bertz CT molecular complexity index is 1540. The highest BCUT2D eigenvalue weighted by Gasteiger charge is 2.56. The van der Waals surface area contributed by atoms with Crippen molar-refractivity contribution in [3.8, 4) is 0 Å². The minimum Gasteiger partial charge on any atom is -0.480 e. The standard InChI is InChI=1S/C34H54N6O19/c1-12(28(47)40-18(32(53)54)8-9-21(44)39-17(31(51)52)7-5-6-16(35)30(49)50)36-29(48)13(2)56-27-23(38-15(4)43)33-55-11-20(58-33)26(27)59-34-22(37-14(3)42)25(46)24(45)19(10-41)57-34/h12-13,16-20,22-27,33-34,41,45-46H,5-11,35H2,1-4H3,(H,36,48)(H,37,42)(H,38,43)(H,39,44)(H,40,47)(H,49,50)(H,51,52)(H,53,54)/t12-,13+,16+,17-,18+,19+,20+,22+,23+,24+,25+,26+,27+,33+,34-/m0/s1. The molecule has 2 bridgehead atoms. The number of carbonyl (C=O) groups is 8. The summed E-state index contributed by atoms with van der Waals surface area (Å²) < 4.78 is 29.6. The minimum absolute atomic E-state index is 0.0539. The first-order valence-electron chi connectivity index (χ1n) is 18.7. The number of hydrogen-bond acceptors (Lipinski definition) is 17. The van der Waals surface area contributed by atoms with E-state index in [0.29, 0.717) is 0 Å². The first-order chi connectivity index (χ1) is 27.6. The van der Waals surface area contributed by atoms with Crippen LogP contribution in [0.1, 0.15) is 59.8 Å². The molecule has 15 atom stereocenters. The summed E-state index contributed by atoms with van der Waals surface area (Å²) >= 11 is 0. The van der Waals surface area contributed by atoms with Gasteiger partial charge in [0.05, 0.1) is 13.2 Å². The van der Waals surface area contributed by atoms with E-state index in [2.05, 4.69) is 26.6 Å². The molecule has 0 aliphatic carbocycles. The van der Waals surface area contributed by atoms with Gasteiger partial charge in [-0.25, -0.2) is 9.59 Å². The van der Waals surface area contributed by atoms with Crippen LogP contribution in [-0.4, -0.2) is 183 Å². The van der Waals surface area contributed by atoms with Crippen LogP contribution in [-0.2, 0) is 62.0 Å². The van der Waals surface area contributed by atoms with Gasteiger partial charge < -0.3 is 86.6 Å². The van der Waals surface area contributed by atoms with E-state index < -0.39 is 158 Å². The quantitative estimate of drug-likeness (QED) is 0.0483. The number of carbonyl (C=O) groups excluding carboxylic acids is 5. The predicted molar refractivity (Wildman–Crippen MR) is 192 cm³/mol. The lowest BCUT2D eigenvalue weighted by atomic mass is 9.95. The summed E-state index contributed by atoms with van der Waals surface area (Å²) in [4.78, 5) is 97.6. The number of ether oxygens (including phenoxy) is 5. The van der Waals surface area contributed by atoms with Crippen molar-refractivity contribution in [2.75, 3.05) is 13.2 Å². The van der Waals surface area contributed by atoms with Crippen molar-refractivity contribution in [3.05, 3.63) is 0 Å². The Morgan fingerprint density at radius 2 is 1.37 bits per heavy atom. The van der Waals surface area contributed by atoms with Gasteiger partial charge in [0.25, 0.3) is 0 Å². The maximum atomic E-state index is 13.4. The maximum absolute atomic E-state index is 13.4. The lowest BCUT2D eigenvalue weighted by Crippen LogP contribution is -2.68. The van der Waals surface area contributed by atoms with E-state index in [4.69, 9.17) is 34.5 Å². The molecule has 0 aromatic rings. The van der Waals surface area contributed by atoms with Crippen LogP contribution in [0.25, 0.3) is 0 Å². The average molecular weight is 851 g/mol. The van der Waals surface area contributed by atoms with Crippen LogP contribution in [0, 0.1) is 0 Å². The van der Waals surface area contributed by atoms with Crippen molar-refractivity contribution in [1.29, 1.82) is 0 Å². The van der Waals surface area contributed by atoms with Gasteiger partial charge in [0, 0.05) is 20.3 Å². The number of carboxylic acids is 3. The number of nitrogens with one attached hydrogen (secondary N) is 5. The van der Waals surface area contributed by atoms with Gasteiger partial charge in [-0.1, -0.05) is 0 Å². The smallest absolute Gasteiger partial charge is 0.326 e. The van der Waals surface area contributed by atoms with Crippen LogP contribution in [0.5, 0.6) is 0 Å². The molecule has 0 radical (unpaired) electrons. The fourth-order valence-electron chi connectivity index (χ4n) is 6.54. The summed E-state index contributed by atoms with van der Waals surface area (Å²) in [5.74, 6) is -8.15. The third kappa shape index (κ3) is 13.7. The van der Waals surface area contributed by atoms with Crippen LogP contribution in [0.4, 0.5) is 0 Å². The van der Waals surface area contributed by atoms with Crippen LogP contribution in [0.3, 0.4) is 0 Å². The Morgan fingerprint density at radius 1 is 0.763 bits per heavy atom. The predicted octanol–water partition coefficient (Wildman–Crippen LogP) is -5.65. The van der Waals surface area contributed by atoms with Crippen LogP contribution in [0.15, 0.2) is 0 Å². The van der Waals surface area contributed by atoms with E-state index >= 15 is 0 Å². The molecule has 3 saturated heterocycles. The topological polar surface area (TPSA) is 390 Å². The Hall–Kier alpha value is -4.60. The molecule has 3 aliphatic heterocycles. The molecule has 0 aromatic carbocycles. The lowest BCUT2D eigenvalue weighted by Gasteiger charge is -2.47. The third-order valence-corrected chi connectivity index (χ3v) is 9.70. The zero-order valence-electron chi connectivity index (χ0n) is 32.7. The van der Waals surface area contributed by atoms with Gasteiger partial charge in [-0.2, -0.15) is 0 Å². The van der Waals surface area contributed by atoms with Gasteiger partial charge in [-0.3, -0.25) is 28.8 Å². The van der Waals surface area contributed by atoms with Crippen LogP contribution >= 0.6 is 0 Å². The van der Waals surface area contributed by atoms with Gasteiger partial charge in [-0.15, -0.1) is 0 Å². The van der Waals surface area contributed by atoms with Gasteiger partial charge in [0.2, 0.25) is 29.5 Å². The molecule has 13 N–H and O–H groups in total. The minimum atomic E-state index is -1.68. The van der Waals surface area contributed by atoms with Crippen molar-refractivity contribution in [3.63, 3.8) is 0 Å². The Balaban J connectivity index is 1.67. The van der Waals surface area contributed by atoms with Crippen molar-refractivity contribution >= 4 is 47.4 Å². The number of aliphatic hydroxyl groups excluding tert-OH is 3. The van der Waals surface area contributed by atoms with Gasteiger partial charge in [-0.05, 0) is 39.5 Å². The summed E-state index contributed by atoms with van der Waals surface area (Å²) in [5.41, 5.74) is 5.41. The molecule has 3 heterocycles. The van der Waals surface area contributed by atoms with Crippen LogP contribution in [0.2, 0.25) is 0 Å². The summed E-state index contributed by atoms with van der Waals surface area (Å²) in [5, 5.41) is 70.9. The Labute approximate surface area is 336 Å². The number of fused-ring (bicyclic) bond motifs is 2. The lowest BCUT2D eigenvalue weighted by molar-refractivity contribution is -0.313. The molecular weight excluding hydrogens is 796 g/mol. The van der Waals surface area contributed by atoms with E-state index in [1.165, 1.54) is 20.8 Å². The molecule has 3 fully saturated rings. The summed E-state index contributed by atoms with van der Waals surface area (Å²) in [7, 11) is 0. The molecule has 0 aromatic heterocycles. The Kier molecular flexibility index (Phi) is 18.3. The van der Waals surface area contributed by atoms with E-state index in [-0.39, 0.29) is 25.9 Å². The highest BCUT2D eigenvalue weighted by molar-refractivity contribution is 5.91. The van der Waals surface area contributed by atoms with Gasteiger partial charge in [0.15, 0.2) is 12.6 Å². The first-order valence-corrected chi connectivity index (χ1v) is 18.7. The molecule has 3 rings (SSSR count). The fraction of sp³-hybridized carbons (Fsp3) is 0.765. The van der Waals surface area contributed by atoms with Crippen LogP contribution < -0.4 is 32.3 Å². The zero-order chi connectivity index (χ0) is 44.3. The van der Waals surface area contributed by atoms with E-state index in [1.807, 2.05) is 0 Å². The normalized spacial score (nSPS) is 30.0. The van der Waals surface area contributed by atoms with Gasteiger partial charge in [0.1, 0.15) is 79.0 Å². The Morgan fingerprint density at radius 3 is 1.95 bits per heavy atom. The molecule has 25 heteroatoms. The fourth-order valence-corrected chi connectivity index (χ4v) is 6.54. The van der Waals surface area contributed by atoms with Crippen molar-refractivity contribution in [1.82, 2.24) is 26.6 Å². The number of amides is 5. The molecular formula is C34H54N6O19. The van der Waals surface area contributed by atoms with Gasteiger partial charge >= 0.3 is 17.9 Å². The molecule has 0 saturated carbocycles. The zero-order valence-corrected chi connectivity index (χ0v) is 32.7.